The lowest BCUT2D eigenvalue weighted by Crippen LogP contribution is -2.48. The van der Waals surface area contributed by atoms with Gasteiger partial charge in [0.15, 0.2) is 0 Å². The van der Waals surface area contributed by atoms with Gasteiger partial charge in [-0.1, -0.05) is 0 Å². The summed E-state index contributed by atoms with van der Waals surface area (Å²) < 4.78 is 35.4. The molecule has 8 nitrogen and oxygen atoms in total. The molecule has 21 heavy (non-hydrogen) atoms. The summed E-state index contributed by atoms with van der Waals surface area (Å²) in [5.74, 6) is -2.47. The summed E-state index contributed by atoms with van der Waals surface area (Å²) >= 11 is 0. The highest BCUT2D eigenvalue weighted by molar-refractivity contribution is 7.89. The maximum absolute atomic E-state index is 12.5. The van der Waals surface area contributed by atoms with Gasteiger partial charge in [0.1, 0.15) is 6.04 Å². The maximum Gasteiger partial charge on any atom is 0.371 e. The van der Waals surface area contributed by atoms with E-state index in [0.29, 0.717) is 19.3 Å². The van der Waals surface area contributed by atoms with E-state index in [2.05, 4.69) is 4.74 Å². The van der Waals surface area contributed by atoms with Crippen LogP contribution < -0.4 is 0 Å². The van der Waals surface area contributed by atoms with Crippen LogP contribution in [0, 0.1) is 0 Å². The molecule has 116 valence electrons. The van der Waals surface area contributed by atoms with Crippen LogP contribution in [0.25, 0.3) is 0 Å². The predicted molar refractivity (Wildman–Crippen MR) is 69.2 cm³/mol. The number of sulfonamides is 1. The summed E-state index contributed by atoms with van der Waals surface area (Å²) in [7, 11) is -2.88. The Morgan fingerprint density at radius 2 is 2.10 bits per heavy atom. The highest BCUT2D eigenvalue weighted by Gasteiger charge is 2.40. The molecule has 9 heteroatoms. The van der Waals surface area contributed by atoms with Crippen LogP contribution in [0.2, 0.25) is 0 Å². The molecular weight excluding hydrogens is 302 g/mol. The summed E-state index contributed by atoms with van der Waals surface area (Å²) in [5.41, 5.74) is 0. The Hall–Kier alpha value is -1.87. The Morgan fingerprint density at radius 3 is 2.67 bits per heavy atom. The topological polar surface area (TPSA) is 114 Å². The van der Waals surface area contributed by atoms with Crippen LogP contribution in [0.15, 0.2) is 21.6 Å². The minimum absolute atomic E-state index is 0.158. The molecule has 0 radical (unpaired) electrons. The van der Waals surface area contributed by atoms with E-state index in [-0.39, 0.29) is 6.54 Å². The van der Waals surface area contributed by atoms with Gasteiger partial charge in [-0.25, -0.2) is 13.2 Å². The molecule has 1 unspecified atom stereocenters. The number of carboxylic acids is 1. The molecular formula is C12H15NO7S. The fraction of sp³-hybridized carbons (Fsp3) is 0.500. The average molecular weight is 317 g/mol. The first kappa shape index (κ1) is 15.5. The quantitative estimate of drug-likeness (QED) is 0.813. The Balaban J connectivity index is 2.35. The molecule has 0 aliphatic carbocycles. The van der Waals surface area contributed by atoms with Gasteiger partial charge in [-0.3, -0.25) is 4.79 Å². The SMILES string of the molecule is COC(=O)C1CCCCN1S(=O)(=O)c1ccc(C(=O)O)o1. The summed E-state index contributed by atoms with van der Waals surface area (Å²) in [6.45, 7) is 0.158. The van der Waals surface area contributed by atoms with E-state index < -0.39 is 38.9 Å². The Morgan fingerprint density at radius 1 is 1.38 bits per heavy atom. The third kappa shape index (κ3) is 2.93. The van der Waals surface area contributed by atoms with Gasteiger partial charge in [0, 0.05) is 6.54 Å². The highest BCUT2D eigenvalue weighted by Crippen LogP contribution is 2.27. The number of hydrogen-bond acceptors (Lipinski definition) is 6. The molecule has 2 rings (SSSR count). The van der Waals surface area contributed by atoms with E-state index in [1.165, 1.54) is 7.11 Å². The van der Waals surface area contributed by atoms with Crippen LogP contribution in [0.4, 0.5) is 0 Å². The maximum atomic E-state index is 12.5. The highest BCUT2D eigenvalue weighted by atomic mass is 32.2. The monoisotopic (exact) mass is 317 g/mol. The van der Waals surface area contributed by atoms with Gasteiger partial charge < -0.3 is 14.3 Å². The van der Waals surface area contributed by atoms with Crippen molar-refractivity contribution in [3.8, 4) is 0 Å². The first-order valence-electron chi connectivity index (χ1n) is 6.30. The van der Waals surface area contributed by atoms with Gasteiger partial charge in [0.25, 0.3) is 10.0 Å². The third-order valence-corrected chi connectivity index (χ3v) is 5.06. The molecule has 0 bridgehead atoms. The zero-order chi connectivity index (χ0) is 15.6. The molecule has 1 saturated heterocycles. The first-order valence-corrected chi connectivity index (χ1v) is 7.74. The fourth-order valence-corrected chi connectivity index (χ4v) is 3.82. The molecule has 1 aliphatic rings. The molecule has 1 aliphatic heterocycles. The van der Waals surface area contributed by atoms with Gasteiger partial charge in [0.2, 0.25) is 10.9 Å². The van der Waals surface area contributed by atoms with Gasteiger partial charge in [-0.2, -0.15) is 4.31 Å². The van der Waals surface area contributed by atoms with Crippen molar-refractivity contribution in [3.63, 3.8) is 0 Å². The summed E-state index contributed by atoms with van der Waals surface area (Å²) in [4.78, 5) is 22.5. The van der Waals surface area contributed by atoms with E-state index >= 15 is 0 Å². The van der Waals surface area contributed by atoms with E-state index in [9.17, 15) is 18.0 Å². The summed E-state index contributed by atoms with van der Waals surface area (Å²) in [6, 6.07) is 1.22. The Labute approximate surface area is 121 Å². The number of carbonyl (C=O) groups is 2. The predicted octanol–water partition coefficient (Wildman–Crippen LogP) is 0.694. The van der Waals surface area contributed by atoms with E-state index in [1.54, 1.807) is 0 Å². The van der Waals surface area contributed by atoms with Crippen LogP contribution in [-0.2, 0) is 19.6 Å². The number of nitrogens with zero attached hydrogens (tertiary/aromatic N) is 1. The van der Waals surface area contributed by atoms with Crippen LogP contribution in [0.5, 0.6) is 0 Å². The minimum Gasteiger partial charge on any atom is -0.475 e. The molecule has 1 aromatic rings. The van der Waals surface area contributed by atoms with E-state index in [0.717, 1.165) is 16.4 Å². The Bertz CT molecular complexity index is 648. The zero-order valence-electron chi connectivity index (χ0n) is 11.3. The van der Waals surface area contributed by atoms with Gasteiger partial charge in [0.05, 0.1) is 7.11 Å². The molecule has 1 atom stereocenters. The number of piperidine rings is 1. The van der Waals surface area contributed by atoms with Gasteiger partial charge in [-0.15, -0.1) is 0 Å². The zero-order valence-corrected chi connectivity index (χ0v) is 12.1. The molecule has 1 aromatic heterocycles. The number of ether oxygens (including phenoxy) is 1. The minimum atomic E-state index is -4.08. The lowest BCUT2D eigenvalue weighted by Gasteiger charge is -2.31. The van der Waals surface area contributed by atoms with Crippen molar-refractivity contribution in [2.45, 2.75) is 30.4 Å². The van der Waals surface area contributed by atoms with Crippen molar-refractivity contribution in [2.75, 3.05) is 13.7 Å². The molecule has 1 fully saturated rings. The van der Waals surface area contributed by atoms with E-state index in [1.807, 2.05) is 0 Å². The van der Waals surface area contributed by atoms with Crippen molar-refractivity contribution in [2.24, 2.45) is 0 Å². The van der Waals surface area contributed by atoms with E-state index in [4.69, 9.17) is 9.52 Å². The summed E-state index contributed by atoms with van der Waals surface area (Å²) in [5, 5.41) is 8.29. The Kier molecular flexibility index (Phi) is 4.33. The smallest absolute Gasteiger partial charge is 0.371 e. The number of carbonyl (C=O) groups excluding carboxylic acids is 1. The number of rotatable bonds is 4. The second kappa shape index (κ2) is 5.86. The van der Waals surface area contributed by atoms with Crippen molar-refractivity contribution in [1.29, 1.82) is 0 Å². The molecule has 2 heterocycles. The number of furan rings is 1. The number of methoxy groups -OCH3 is 1. The number of esters is 1. The van der Waals surface area contributed by atoms with Gasteiger partial charge >= 0.3 is 11.9 Å². The molecule has 0 aromatic carbocycles. The largest absolute Gasteiger partial charge is 0.475 e. The van der Waals surface area contributed by atoms with Gasteiger partial charge in [-0.05, 0) is 31.4 Å². The second-order valence-electron chi connectivity index (χ2n) is 4.57. The summed E-state index contributed by atoms with van der Waals surface area (Å²) in [6.07, 6.45) is 1.68. The molecule has 0 amide bonds. The van der Waals surface area contributed by atoms with Crippen molar-refractivity contribution in [1.82, 2.24) is 4.31 Å². The van der Waals surface area contributed by atoms with Crippen LogP contribution >= 0.6 is 0 Å². The average Bonchev–Trinajstić information content (AvgIpc) is 2.97. The second-order valence-corrected chi connectivity index (χ2v) is 6.40. The fourth-order valence-electron chi connectivity index (χ4n) is 2.25. The molecule has 0 saturated carbocycles. The third-order valence-electron chi connectivity index (χ3n) is 3.28. The van der Waals surface area contributed by atoms with Crippen LogP contribution in [0.1, 0.15) is 29.8 Å². The lowest BCUT2D eigenvalue weighted by atomic mass is 10.1. The first-order chi connectivity index (χ1) is 9.87. The number of hydrogen-bond donors (Lipinski definition) is 1. The number of carboxylic acid groups (broad SMARTS) is 1. The van der Waals surface area contributed by atoms with Crippen molar-refractivity contribution < 1.29 is 32.3 Å². The van der Waals surface area contributed by atoms with Crippen LogP contribution in [0.3, 0.4) is 0 Å². The van der Waals surface area contributed by atoms with Crippen molar-refractivity contribution in [3.05, 3.63) is 17.9 Å². The standard InChI is InChI=1S/C12H15NO7S/c1-19-12(16)8-4-2-3-7-13(8)21(17,18)10-6-5-9(20-10)11(14)15/h5-6,8H,2-4,7H2,1H3,(H,14,15). The normalized spacial score (nSPS) is 20.1. The lowest BCUT2D eigenvalue weighted by molar-refractivity contribution is -0.146. The number of aromatic carboxylic acids is 1. The van der Waals surface area contributed by atoms with Crippen molar-refractivity contribution >= 4 is 22.0 Å². The van der Waals surface area contributed by atoms with Crippen LogP contribution in [-0.4, -0.2) is 49.5 Å². The molecule has 1 N–H and O–H groups in total. The molecule has 0 spiro atoms.